The Labute approximate surface area is 139 Å². The Morgan fingerprint density at radius 2 is 2.12 bits per heavy atom. The first-order valence-corrected chi connectivity index (χ1v) is 7.37. The zero-order valence-electron chi connectivity index (χ0n) is 13.9. The molecule has 0 fully saturated rings. The van der Waals surface area contributed by atoms with Crippen LogP contribution in [0.15, 0.2) is 23.3 Å². The summed E-state index contributed by atoms with van der Waals surface area (Å²) in [6.45, 7) is 4.28. The third kappa shape index (κ3) is 6.21. The van der Waals surface area contributed by atoms with Crippen LogP contribution in [0.1, 0.15) is 20.3 Å². The largest absolute Gasteiger partial charge is 0.493 e. The van der Waals surface area contributed by atoms with Gasteiger partial charge in [-0.15, -0.1) is 0 Å². The molecule has 0 spiro atoms. The van der Waals surface area contributed by atoms with E-state index in [0.29, 0.717) is 25.4 Å². The Kier molecular flexibility index (Phi) is 8.20. The van der Waals surface area contributed by atoms with Crippen molar-refractivity contribution < 1.29 is 23.9 Å². The van der Waals surface area contributed by atoms with Crippen LogP contribution in [0.4, 0.5) is 11.4 Å². The molecular weight excluding hydrogens is 318 g/mol. The van der Waals surface area contributed by atoms with E-state index in [0.717, 1.165) is 0 Å². The van der Waals surface area contributed by atoms with Crippen molar-refractivity contribution in [2.24, 2.45) is 5.10 Å². The van der Waals surface area contributed by atoms with Crippen molar-refractivity contribution in [1.29, 1.82) is 0 Å². The summed E-state index contributed by atoms with van der Waals surface area (Å²) in [5.74, 6) is -0.222. The molecule has 0 amide bonds. The fourth-order valence-corrected chi connectivity index (χ4v) is 1.67. The number of nitrogens with zero attached hydrogens (tertiary/aromatic N) is 2. The molecule has 0 aliphatic rings. The van der Waals surface area contributed by atoms with E-state index in [1.165, 1.54) is 19.1 Å². The van der Waals surface area contributed by atoms with Crippen molar-refractivity contribution in [3.05, 3.63) is 28.3 Å². The zero-order valence-corrected chi connectivity index (χ0v) is 13.9. The van der Waals surface area contributed by atoms with E-state index in [9.17, 15) is 14.9 Å². The van der Waals surface area contributed by atoms with Gasteiger partial charge >= 0.3 is 5.97 Å². The predicted octanol–water partition coefficient (Wildman–Crippen LogP) is 2.36. The average molecular weight is 339 g/mol. The topological polar surface area (TPSA) is 112 Å². The Bertz CT molecular complexity index is 603. The number of esters is 1. The molecule has 1 aromatic carbocycles. The number of nitro benzene ring substituents is 1. The molecule has 0 saturated carbocycles. The lowest BCUT2D eigenvalue weighted by Gasteiger charge is -2.08. The van der Waals surface area contributed by atoms with Crippen LogP contribution >= 0.6 is 0 Å². The lowest BCUT2D eigenvalue weighted by molar-refractivity contribution is -0.384. The van der Waals surface area contributed by atoms with Gasteiger partial charge in [0.05, 0.1) is 24.2 Å². The normalized spacial score (nSPS) is 11.0. The number of carbonyl (C=O) groups excluding carboxylic acids is 1. The molecule has 24 heavy (non-hydrogen) atoms. The maximum Gasteiger partial charge on any atom is 0.354 e. The number of anilines is 1. The maximum atomic E-state index is 11.5. The first-order valence-electron chi connectivity index (χ1n) is 7.37. The summed E-state index contributed by atoms with van der Waals surface area (Å²) >= 11 is 0. The molecule has 132 valence electrons. The highest BCUT2D eigenvalue weighted by Gasteiger charge is 2.16. The van der Waals surface area contributed by atoms with Gasteiger partial charge in [0.15, 0.2) is 0 Å². The molecule has 0 bridgehead atoms. The van der Waals surface area contributed by atoms with Gasteiger partial charge in [-0.1, -0.05) is 0 Å². The lowest BCUT2D eigenvalue weighted by atomic mass is 10.2. The number of rotatable bonds is 10. The monoisotopic (exact) mass is 339 g/mol. The second-order valence-corrected chi connectivity index (χ2v) is 4.66. The van der Waals surface area contributed by atoms with Crippen LogP contribution in [-0.4, -0.2) is 43.5 Å². The van der Waals surface area contributed by atoms with Gasteiger partial charge in [-0.25, -0.2) is 4.79 Å². The van der Waals surface area contributed by atoms with Gasteiger partial charge in [0.25, 0.3) is 5.69 Å². The second kappa shape index (κ2) is 10.2. The van der Waals surface area contributed by atoms with E-state index in [4.69, 9.17) is 14.2 Å². The van der Waals surface area contributed by atoms with Crippen molar-refractivity contribution in [3.8, 4) is 5.75 Å². The van der Waals surface area contributed by atoms with Crippen LogP contribution in [0.5, 0.6) is 5.75 Å². The van der Waals surface area contributed by atoms with Crippen LogP contribution in [0, 0.1) is 10.1 Å². The number of hydrogen-bond acceptors (Lipinski definition) is 8. The van der Waals surface area contributed by atoms with Gasteiger partial charge in [-0.3, -0.25) is 15.5 Å². The second-order valence-electron chi connectivity index (χ2n) is 4.66. The molecule has 0 atom stereocenters. The van der Waals surface area contributed by atoms with Crippen molar-refractivity contribution in [1.82, 2.24) is 0 Å². The van der Waals surface area contributed by atoms with Crippen molar-refractivity contribution in [2.45, 2.75) is 20.3 Å². The van der Waals surface area contributed by atoms with Gasteiger partial charge in [-0.2, -0.15) is 5.10 Å². The molecule has 1 rings (SSSR count). The van der Waals surface area contributed by atoms with Gasteiger partial charge in [0.2, 0.25) is 0 Å². The number of carbonyl (C=O) groups is 1. The first kappa shape index (κ1) is 19.4. The predicted molar refractivity (Wildman–Crippen MR) is 88.4 cm³/mol. The standard InChI is InChI=1S/C15H21N3O6/c1-4-23-15(19)11(2)16-17-13-7-6-12(10-14(13)18(20)21)24-9-5-8-22-3/h6-7,10,17H,4-5,8-9H2,1-3H3/b16-11-. The Hall–Kier alpha value is -2.68. The molecule has 0 saturated heterocycles. The van der Waals surface area contributed by atoms with E-state index in [1.54, 1.807) is 20.1 Å². The summed E-state index contributed by atoms with van der Waals surface area (Å²) in [6, 6.07) is 4.34. The number of hydrazone groups is 1. The molecule has 0 radical (unpaired) electrons. The number of hydrogen-bond donors (Lipinski definition) is 1. The molecule has 0 aromatic heterocycles. The highest BCUT2D eigenvalue weighted by atomic mass is 16.6. The third-order valence-electron chi connectivity index (χ3n) is 2.84. The maximum absolute atomic E-state index is 11.5. The van der Waals surface area contributed by atoms with Crippen LogP contribution in [-0.2, 0) is 14.3 Å². The van der Waals surface area contributed by atoms with E-state index in [-0.39, 0.29) is 23.7 Å². The summed E-state index contributed by atoms with van der Waals surface area (Å²) < 4.78 is 15.1. The van der Waals surface area contributed by atoms with E-state index >= 15 is 0 Å². The number of methoxy groups -OCH3 is 1. The Morgan fingerprint density at radius 3 is 2.75 bits per heavy atom. The van der Waals surface area contributed by atoms with Crippen molar-refractivity contribution >= 4 is 23.1 Å². The summed E-state index contributed by atoms with van der Waals surface area (Å²) in [5.41, 5.74) is 2.51. The molecule has 0 aliphatic carbocycles. The van der Waals surface area contributed by atoms with Gasteiger partial charge in [0.1, 0.15) is 17.1 Å². The lowest BCUT2D eigenvalue weighted by Crippen LogP contribution is -2.15. The van der Waals surface area contributed by atoms with Crippen molar-refractivity contribution in [3.63, 3.8) is 0 Å². The summed E-state index contributed by atoms with van der Waals surface area (Å²) in [5, 5.41) is 15.0. The molecule has 0 unspecified atom stereocenters. The van der Waals surface area contributed by atoms with E-state index in [1.807, 2.05) is 0 Å². The summed E-state index contributed by atoms with van der Waals surface area (Å²) in [4.78, 5) is 22.1. The number of ether oxygens (including phenoxy) is 3. The first-order chi connectivity index (χ1) is 11.5. The molecule has 9 heteroatoms. The highest BCUT2D eigenvalue weighted by molar-refractivity contribution is 6.35. The highest BCUT2D eigenvalue weighted by Crippen LogP contribution is 2.29. The zero-order chi connectivity index (χ0) is 17.9. The Morgan fingerprint density at radius 1 is 1.38 bits per heavy atom. The molecule has 0 heterocycles. The summed E-state index contributed by atoms with van der Waals surface area (Å²) in [6.07, 6.45) is 0.674. The minimum absolute atomic E-state index is 0.0611. The fraction of sp³-hybridized carbons (Fsp3) is 0.467. The van der Waals surface area contributed by atoms with Crippen molar-refractivity contribution in [2.75, 3.05) is 32.4 Å². The number of benzene rings is 1. The van der Waals surface area contributed by atoms with E-state index < -0.39 is 10.9 Å². The Balaban J connectivity index is 2.82. The quantitative estimate of drug-likeness (QED) is 0.229. The fourth-order valence-electron chi connectivity index (χ4n) is 1.67. The average Bonchev–Trinajstić information content (AvgIpc) is 2.57. The smallest absolute Gasteiger partial charge is 0.354 e. The number of nitro groups is 1. The number of nitrogens with one attached hydrogen (secondary N) is 1. The van der Waals surface area contributed by atoms with Crippen LogP contribution in [0.2, 0.25) is 0 Å². The summed E-state index contributed by atoms with van der Waals surface area (Å²) in [7, 11) is 1.59. The minimum atomic E-state index is -0.592. The van der Waals surface area contributed by atoms with Crippen LogP contribution in [0.3, 0.4) is 0 Å². The molecule has 0 aliphatic heterocycles. The van der Waals surface area contributed by atoms with Crippen LogP contribution < -0.4 is 10.2 Å². The van der Waals surface area contributed by atoms with Gasteiger partial charge in [0, 0.05) is 20.1 Å². The molecule has 1 N–H and O–H groups in total. The third-order valence-corrected chi connectivity index (χ3v) is 2.84. The molecule has 9 nitrogen and oxygen atoms in total. The minimum Gasteiger partial charge on any atom is -0.493 e. The van der Waals surface area contributed by atoms with E-state index in [2.05, 4.69) is 10.5 Å². The van der Waals surface area contributed by atoms with Crippen LogP contribution in [0.25, 0.3) is 0 Å². The molecule has 1 aromatic rings. The van der Waals surface area contributed by atoms with Gasteiger partial charge < -0.3 is 14.2 Å². The SMILES string of the molecule is CCOC(=O)/C(C)=N\Nc1ccc(OCCCOC)cc1[N+](=O)[O-]. The molecular formula is C15H21N3O6. The van der Waals surface area contributed by atoms with Gasteiger partial charge in [-0.05, 0) is 26.0 Å².